The van der Waals surface area contributed by atoms with E-state index < -0.39 is 0 Å². The number of likely N-dealkylation sites (N-methyl/N-ethyl adjacent to an activating group) is 2. The zero-order valence-corrected chi connectivity index (χ0v) is 11.5. The Morgan fingerprint density at radius 3 is 2.39 bits per heavy atom. The number of nitrogens with zero attached hydrogens (tertiary/aromatic N) is 1. The van der Waals surface area contributed by atoms with Gasteiger partial charge in [-0.05, 0) is 31.2 Å². The average Bonchev–Trinajstić information content (AvgIpc) is 2.37. The lowest BCUT2D eigenvalue weighted by Crippen LogP contribution is -2.34. The van der Waals surface area contributed by atoms with Crippen LogP contribution in [0.2, 0.25) is 0 Å². The normalized spacial score (nSPS) is 10.2. The van der Waals surface area contributed by atoms with Crippen molar-refractivity contribution in [3.05, 3.63) is 29.8 Å². The Balaban J connectivity index is 2.53. The molecule has 100 valence electrons. The predicted molar refractivity (Wildman–Crippen MR) is 75.8 cm³/mol. The zero-order valence-electron chi connectivity index (χ0n) is 11.5. The van der Waals surface area contributed by atoms with Crippen LogP contribution in [0.25, 0.3) is 0 Å². The second-order valence-corrected chi connectivity index (χ2v) is 4.26. The molecule has 0 unspecified atom stereocenters. The third kappa shape index (κ3) is 4.75. The van der Waals surface area contributed by atoms with Gasteiger partial charge in [-0.3, -0.25) is 4.79 Å². The number of carbonyl (C=O) groups is 1. The number of hydrogen-bond acceptors (Lipinski definition) is 3. The molecule has 0 heterocycles. The summed E-state index contributed by atoms with van der Waals surface area (Å²) in [7, 11) is 1.93. The fraction of sp³-hybridized carbons (Fsp3) is 0.500. The minimum Gasteiger partial charge on any atom is -0.365 e. The quantitative estimate of drug-likeness (QED) is 0.767. The molecule has 1 amide bonds. The average molecular weight is 249 g/mol. The molecule has 0 saturated heterocycles. The van der Waals surface area contributed by atoms with Crippen LogP contribution in [0.1, 0.15) is 19.4 Å². The fourth-order valence-electron chi connectivity index (χ4n) is 1.70. The minimum absolute atomic E-state index is 0.0525. The van der Waals surface area contributed by atoms with Crippen LogP contribution in [0.15, 0.2) is 24.3 Å². The van der Waals surface area contributed by atoms with E-state index in [1.807, 2.05) is 31.0 Å². The predicted octanol–water partition coefficient (Wildman–Crippen LogP) is 1.37. The third-order valence-electron chi connectivity index (χ3n) is 2.71. The maximum absolute atomic E-state index is 11.5. The molecule has 1 rings (SSSR count). The first-order valence-corrected chi connectivity index (χ1v) is 6.44. The van der Waals surface area contributed by atoms with Crippen LogP contribution in [0.5, 0.6) is 0 Å². The Kier molecular flexibility index (Phi) is 6.22. The molecule has 4 nitrogen and oxygen atoms in total. The Morgan fingerprint density at radius 2 is 1.83 bits per heavy atom. The topological polar surface area (TPSA) is 44.4 Å². The first-order chi connectivity index (χ1) is 8.67. The summed E-state index contributed by atoms with van der Waals surface area (Å²) in [6.07, 6.45) is 0. The van der Waals surface area contributed by atoms with Crippen LogP contribution in [-0.2, 0) is 11.3 Å². The Hall–Kier alpha value is -1.55. The summed E-state index contributed by atoms with van der Waals surface area (Å²) in [6.45, 7) is 6.94. The summed E-state index contributed by atoms with van der Waals surface area (Å²) in [5.74, 6) is 0.0525. The first-order valence-electron chi connectivity index (χ1n) is 6.44. The summed E-state index contributed by atoms with van der Waals surface area (Å²) >= 11 is 0. The van der Waals surface area contributed by atoms with Crippen molar-refractivity contribution in [2.24, 2.45) is 0 Å². The molecule has 0 aliphatic carbocycles. The van der Waals surface area contributed by atoms with Crippen molar-refractivity contribution in [1.82, 2.24) is 10.6 Å². The van der Waals surface area contributed by atoms with Crippen LogP contribution in [0.3, 0.4) is 0 Å². The maximum atomic E-state index is 11.5. The summed E-state index contributed by atoms with van der Waals surface area (Å²) in [5, 5.41) is 6.08. The smallest absolute Gasteiger partial charge is 0.239 e. The van der Waals surface area contributed by atoms with Crippen molar-refractivity contribution in [2.45, 2.75) is 20.4 Å². The second kappa shape index (κ2) is 7.71. The van der Waals surface area contributed by atoms with Gasteiger partial charge in [0, 0.05) is 25.8 Å². The van der Waals surface area contributed by atoms with Gasteiger partial charge in [0.25, 0.3) is 0 Å². The molecule has 0 bridgehead atoms. The van der Waals surface area contributed by atoms with E-state index >= 15 is 0 Å². The summed E-state index contributed by atoms with van der Waals surface area (Å²) in [5.41, 5.74) is 2.31. The second-order valence-electron chi connectivity index (χ2n) is 4.26. The monoisotopic (exact) mass is 249 g/mol. The number of nitrogens with one attached hydrogen (secondary N) is 2. The lowest BCUT2D eigenvalue weighted by molar-refractivity contribution is -0.119. The first kappa shape index (κ1) is 14.5. The van der Waals surface area contributed by atoms with E-state index in [0.29, 0.717) is 13.1 Å². The van der Waals surface area contributed by atoms with E-state index in [0.717, 1.165) is 18.8 Å². The summed E-state index contributed by atoms with van der Waals surface area (Å²) in [6, 6.07) is 8.27. The lowest BCUT2D eigenvalue weighted by Gasteiger charge is -2.18. The van der Waals surface area contributed by atoms with Gasteiger partial charge in [0.2, 0.25) is 5.91 Å². The van der Waals surface area contributed by atoms with Gasteiger partial charge in [-0.25, -0.2) is 0 Å². The SMILES string of the molecule is CCNCc1ccc(N(C)CC(=O)NCC)cc1. The van der Waals surface area contributed by atoms with E-state index in [2.05, 4.69) is 29.7 Å². The molecule has 1 aromatic rings. The van der Waals surface area contributed by atoms with Crippen molar-refractivity contribution in [2.75, 3.05) is 31.6 Å². The van der Waals surface area contributed by atoms with Gasteiger partial charge in [0.15, 0.2) is 0 Å². The summed E-state index contributed by atoms with van der Waals surface area (Å²) in [4.78, 5) is 13.4. The molecule has 0 fully saturated rings. The van der Waals surface area contributed by atoms with Gasteiger partial charge in [-0.2, -0.15) is 0 Å². The number of amides is 1. The summed E-state index contributed by atoms with van der Waals surface area (Å²) < 4.78 is 0. The number of anilines is 1. The van der Waals surface area contributed by atoms with E-state index in [-0.39, 0.29) is 5.91 Å². The van der Waals surface area contributed by atoms with Crippen LogP contribution in [-0.4, -0.2) is 32.6 Å². The Labute approximate surface area is 109 Å². The Bertz CT molecular complexity index is 362. The van der Waals surface area contributed by atoms with Crippen LogP contribution < -0.4 is 15.5 Å². The molecule has 0 saturated carbocycles. The minimum atomic E-state index is 0.0525. The molecule has 2 N–H and O–H groups in total. The molecule has 0 aliphatic heterocycles. The highest BCUT2D eigenvalue weighted by atomic mass is 16.1. The molecule has 0 atom stereocenters. The van der Waals surface area contributed by atoms with Crippen LogP contribution in [0.4, 0.5) is 5.69 Å². The fourth-order valence-corrected chi connectivity index (χ4v) is 1.70. The van der Waals surface area contributed by atoms with Crippen molar-refractivity contribution >= 4 is 11.6 Å². The lowest BCUT2D eigenvalue weighted by atomic mass is 10.2. The van der Waals surface area contributed by atoms with Crippen LogP contribution in [0, 0.1) is 0 Å². The Morgan fingerprint density at radius 1 is 1.17 bits per heavy atom. The molecule has 0 aromatic heterocycles. The standard InChI is InChI=1S/C14H23N3O/c1-4-15-10-12-6-8-13(9-7-12)17(3)11-14(18)16-5-2/h6-9,15H,4-5,10-11H2,1-3H3,(H,16,18). The zero-order chi connectivity index (χ0) is 13.4. The molecule has 0 aliphatic rings. The van der Waals surface area contributed by atoms with E-state index in [1.165, 1.54) is 5.56 Å². The van der Waals surface area contributed by atoms with E-state index in [9.17, 15) is 4.79 Å². The molecular weight excluding hydrogens is 226 g/mol. The number of carbonyl (C=O) groups excluding carboxylic acids is 1. The van der Waals surface area contributed by atoms with E-state index in [4.69, 9.17) is 0 Å². The van der Waals surface area contributed by atoms with Gasteiger partial charge in [0.05, 0.1) is 6.54 Å². The van der Waals surface area contributed by atoms with Gasteiger partial charge in [-0.15, -0.1) is 0 Å². The highest BCUT2D eigenvalue weighted by molar-refractivity contribution is 5.81. The molecule has 4 heteroatoms. The van der Waals surface area contributed by atoms with Gasteiger partial charge >= 0.3 is 0 Å². The molecular formula is C14H23N3O. The van der Waals surface area contributed by atoms with Crippen LogP contribution >= 0.6 is 0 Å². The highest BCUT2D eigenvalue weighted by Gasteiger charge is 2.06. The molecule has 1 aromatic carbocycles. The number of hydrogen-bond donors (Lipinski definition) is 2. The molecule has 0 radical (unpaired) electrons. The van der Waals surface area contributed by atoms with Crippen molar-refractivity contribution in [3.63, 3.8) is 0 Å². The van der Waals surface area contributed by atoms with Crippen molar-refractivity contribution < 1.29 is 4.79 Å². The van der Waals surface area contributed by atoms with Crippen molar-refractivity contribution in [3.8, 4) is 0 Å². The molecule has 0 spiro atoms. The van der Waals surface area contributed by atoms with Gasteiger partial charge in [0.1, 0.15) is 0 Å². The van der Waals surface area contributed by atoms with Gasteiger partial charge < -0.3 is 15.5 Å². The van der Waals surface area contributed by atoms with Gasteiger partial charge in [-0.1, -0.05) is 19.1 Å². The third-order valence-corrected chi connectivity index (χ3v) is 2.71. The molecule has 18 heavy (non-hydrogen) atoms. The van der Waals surface area contributed by atoms with E-state index in [1.54, 1.807) is 0 Å². The maximum Gasteiger partial charge on any atom is 0.239 e. The largest absolute Gasteiger partial charge is 0.365 e. The van der Waals surface area contributed by atoms with Crippen molar-refractivity contribution in [1.29, 1.82) is 0 Å². The number of rotatable bonds is 7. The number of benzene rings is 1. The highest BCUT2D eigenvalue weighted by Crippen LogP contribution is 2.13.